The van der Waals surface area contributed by atoms with Crippen molar-refractivity contribution in [2.45, 2.75) is 44.2 Å². The monoisotopic (exact) mass is 225 g/mol. The lowest BCUT2D eigenvalue weighted by atomic mass is 10.00. The van der Waals surface area contributed by atoms with Crippen molar-refractivity contribution in [3.63, 3.8) is 0 Å². The molecule has 2 rings (SSSR count). The van der Waals surface area contributed by atoms with Crippen LogP contribution in [0.2, 0.25) is 0 Å². The van der Waals surface area contributed by atoms with Crippen molar-refractivity contribution in [3.8, 4) is 0 Å². The minimum Gasteiger partial charge on any atom is -0.315 e. The first-order chi connectivity index (χ1) is 7.77. The lowest BCUT2D eigenvalue weighted by molar-refractivity contribution is 0.151. The molecule has 2 atom stereocenters. The zero-order valence-corrected chi connectivity index (χ0v) is 10.9. The summed E-state index contributed by atoms with van der Waals surface area (Å²) in [5.41, 5.74) is 0. The first-order valence-electron chi connectivity index (χ1n) is 6.88. The molecule has 0 saturated carbocycles. The molecule has 0 aromatic carbocycles. The molecule has 1 N–H and O–H groups in total. The number of rotatable bonds is 4. The Balaban J connectivity index is 1.69. The molecule has 2 aliphatic heterocycles. The van der Waals surface area contributed by atoms with E-state index in [1.165, 1.54) is 58.3 Å². The molecule has 0 spiro atoms. The molecule has 0 radical (unpaired) electrons. The molecule has 0 aliphatic carbocycles. The van der Waals surface area contributed by atoms with Crippen LogP contribution in [-0.2, 0) is 0 Å². The summed E-state index contributed by atoms with van der Waals surface area (Å²) in [4.78, 5) is 5.12. The highest BCUT2D eigenvalue weighted by Gasteiger charge is 2.22. The summed E-state index contributed by atoms with van der Waals surface area (Å²) in [5, 5.41) is 3.45. The van der Waals surface area contributed by atoms with Gasteiger partial charge in [-0.2, -0.15) is 0 Å². The third kappa shape index (κ3) is 3.19. The molecule has 2 heterocycles. The van der Waals surface area contributed by atoms with Crippen LogP contribution in [0.5, 0.6) is 0 Å². The van der Waals surface area contributed by atoms with E-state index in [1.807, 2.05) is 0 Å². The first-order valence-corrected chi connectivity index (χ1v) is 6.88. The molecule has 2 unspecified atom stereocenters. The number of hydrogen-bond acceptors (Lipinski definition) is 3. The van der Waals surface area contributed by atoms with E-state index in [0.717, 1.165) is 12.1 Å². The Labute approximate surface area is 100 Å². The van der Waals surface area contributed by atoms with Gasteiger partial charge in [-0.1, -0.05) is 6.42 Å². The zero-order chi connectivity index (χ0) is 11.4. The summed E-state index contributed by atoms with van der Waals surface area (Å²) in [5.74, 6) is 0. The van der Waals surface area contributed by atoms with Crippen molar-refractivity contribution in [1.29, 1.82) is 0 Å². The van der Waals surface area contributed by atoms with Crippen LogP contribution in [0.15, 0.2) is 0 Å². The lowest BCUT2D eigenvalue weighted by Crippen LogP contribution is -2.41. The SMILES string of the molecule is CN1CCCCC1CCN(C)C1CCNC1. The smallest absolute Gasteiger partial charge is 0.0229 e. The predicted molar refractivity (Wildman–Crippen MR) is 68.8 cm³/mol. The van der Waals surface area contributed by atoms with Crippen molar-refractivity contribution in [1.82, 2.24) is 15.1 Å². The van der Waals surface area contributed by atoms with Gasteiger partial charge in [-0.15, -0.1) is 0 Å². The lowest BCUT2D eigenvalue weighted by Gasteiger charge is -2.34. The van der Waals surface area contributed by atoms with Crippen LogP contribution in [0.1, 0.15) is 32.1 Å². The summed E-state index contributed by atoms with van der Waals surface area (Å²) < 4.78 is 0. The summed E-state index contributed by atoms with van der Waals surface area (Å²) in [6, 6.07) is 1.62. The van der Waals surface area contributed by atoms with Crippen LogP contribution in [0.4, 0.5) is 0 Å². The quantitative estimate of drug-likeness (QED) is 0.774. The molecule has 3 nitrogen and oxygen atoms in total. The van der Waals surface area contributed by atoms with Crippen molar-refractivity contribution < 1.29 is 0 Å². The molecule has 16 heavy (non-hydrogen) atoms. The maximum Gasteiger partial charge on any atom is 0.0229 e. The second kappa shape index (κ2) is 5.99. The Bertz CT molecular complexity index is 201. The highest BCUT2D eigenvalue weighted by atomic mass is 15.2. The van der Waals surface area contributed by atoms with E-state index in [2.05, 4.69) is 29.2 Å². The van der Waals surface area contributed by atoms with Gasteiger partial charge in [-0.05, 0) is 59.4 Å². The third-order valence-electron chi connectivity index (χ3n) is 4.39. The average Bonchev–Trinajstić information content (AvgIpc) is 2.81. The maximum absolute atomic E-state index is 3.45. The van der Waals surface area contributed by atoms with Gasteiger partial charge in [-0.3, -0.25) is 0 Å². The predicted octanol–water partition coefficient (Wildman–Crippen LogP) is 1.15. The van der Waals surface area contributed by atoms with E-state index >= 15 is 0 Å². The third-order valence-corrected chi connectivity index (χ3v) is 4.39. The van der Waals surface area contributed by atoms with Gasteiger partial charge in [-0.25, -0.2) is 0 Å². The molecular weight excluding hydrogens is 198 g/mol. The standard InChI is InChI=1S/C13H27N3/c1-15-9-4-3-5-12(15)7-10-16(2)13-6-8-14-11-13/h12-14H,3-11H2,1-2H3. The normalized spacial score (nSPS) is 32.4. The minimum atomic E-state index is 0.786. The average molecular weight is 225 g/mol. The number of nitrogens with zero attached hydrogens (tertiary/aromatic N) is 2. The van der Waals surface area contributed by atoms with Crippen LogP contribution >= 0.6 is 0 Å². The van der Waals surface area contributed by atoms with Crippen molar-refractivity contribution >= 4 is 0 Å². The van der Waals surface area contributed by atoms with E-state index in [9.17, 15) is 0 Å². The van der Waals surface area contributed by atoms with E-state index in [4.69, 9.17) is 0 Å². The Morgan fingerprint density at radius 1 is 1.31 bits per heavy atom. The van der Waals surface area contributed by atoms with Crippen molar-refractivity contribution in [3.05, 3.63) is 0 Å². The summed E-state index contributed by atoms with van der Waals surface area (Å²) in [6.45, 7) is 4.97. The molecule has 2 aliphatic rings. The summed E-state index contributed by atoms with van der Waals surface area (Å²) in [7, 11) is 4.58. The molecule has 3 heteroatoms. The fourth-order valence-electron chi connectivity index (χ4n) is 3.06. The molecule has 0 bridgehead atoms. The first kappa shape index (κ1) is 12.3. The highest BCUT2D eigenvalue weighted by Crippen LogP contribution is 2.18. The van der Waals surface area contributed by atoms with Gasteiger partial charge >= 0.3 is 0 Å². The molecule has 0 aromatic heterocycles. The number of piperidine rings is 1. The number of hydrogen-bond donors (Lipinski definition) is 1. The minimum absolute atomic E-state index is 0.786. The van der Waals surface area contributed by atoms with Gasteiger partial charge < -0.3 is 15.1 Å². The van der Waals surface area contributed by atoms with Gasteiger partial charge in [0, 0.05) is 18.6 Å². The van der Waals surface area contributed by atoms with Crippen molar-refractivity contribution in [2.75, 3.05) is 40.3 Å². The van der Waals surface area contributed by atoms with Gasteiger partial charge in [0.15, 0.2) is 0 Å². The molecule has 0 amide bonds. The largest absolute Gasteiger partial charge is 0.315 e. The van der Waals surface area contributed by atoms with E-state index < -0.39 is 0 Å². The zero-order valence-electron chi connectivity index (χ0n) is 10.9. The van der Waals surface area contributed by atoms with Crippen LogP contribution in [0.3, 0.4) is 0 Å². The van der Waals surface area contributed by atoms with Gasteiger partial charge in [0.05, 0.1) is 0 Å². The van der Waals surface area contributed by atoms with Crippen LogP contribution in [0, 0.1) is 0 Å². The Kier molecular flexibility index (Phi) is 4.62. The Hall–Kier alpha value is -0.120. The van der Waals surface area contributed by atoms with Crippen LogP contribution < -0.4 is 5.32 Å². The molecule has 2 fully saturated rings. The Morgan fingerprint density at radius 2 is 2.19 bits per heavy atom. The molecule has 94 valence electrons. The molecular formula is C13H27N3. The second-order valence-corrected chi connectivity index (χ2v) is 5.55. The Morgan fingerprint density at radius 3 is 2.88 bits per heavy atom. The number of likely N-dealkylation sites (N-methyl/N-ethyl adjacent to an activating group) is 1. The number of nitrogens with one attached hydrogen (secondary N) is 1. The van der Waals surface area contributed by atoms with Crippen LogP contribution in [-0.4, -0.2) is 62.2 Å². The van der Waals surface area contributed by atoms with Crippen molar-refractivity contribution in [2.24, 2.45) is 0 Å². The fourth-order valence-corrected chi connectivity index (χ4v) is 3.06. The van der Waals surface area contributed by atoms with Crippen LogP contribution in [0.25, 0.3) is 0 Å². The van der Waals surface area contributed by atoms with Gasteiger partial charge in [0.2, 0.25) is 0 Å². The fraction of sp³-hybridized carbons (Fsp3) is 1.00. The number of likely N-dealkylation sites (tertiary alicyclic amines) is 1. The summed E-state index contributed by atoms with van der Waals surface area (Å²) >= 11 is 0. The maximum atomic E-state index is 3.45. The molecule has 2 saturated heterocycles. The second-order valence-electron chi connectivity index (χ2n) is 5.55. The topological polar surface area (TPSA) is 18.5 Å². The van der Waals surface area contributed by atoms with E-state index in [1.54, 1.807) is 0 Å². The highest BCUT2D eigenvalue weighted by molar-refractivity contribution is 4.81. The molecule has 0 aromatic rings. The summed E-state index contributed by atoms with van der Waals surface area (Å²) in [6.07, 6.45) is 6.92. The van der Waals surface area contributed by atoms with Gasteiger partial charge in [0.1, 0.15) is 0 Å². The van der Waals surface area contributed by atoms with E-state index in [0.29, 0.717) is 0 Å². The van der Waals surface area contributed by atoms with Gasteiger partial charge in [0.25, 0.3) is 0 Å². The van der Waals surface area contributed by atoms with E-state index in [-0.39, 0.29) is 0 Å².